The van der Waals surface area contributed by atoms with Crippen molar-refractivity contribution in [1.29, 1.82) is 0 Å². The number of nitrogens with one attached hydrogen (secondary N) is 1. The number of hydrogen-bond acceptors (Lipinski definition) is 2. The van der Waals surface area contributed by atoms with Gasteiger partial charge in [0, 0.05) is 36.2 Å². The summed E-state index contributed by atoms with van der Waals surface area (Å²) in [6.07, 6.45) is 4.06. The van der Waals surface area contributed by atoms with E-state index in [2.05, 4.69) is 50.4 Å². The molecule has 1 N–H and O–H groups in total. The monoisotopic (exact) mass is 330 g/mol. The summed E-state index contributed by atoms with van der Waals surface area (Å²) >= 11 is 3.54. The summed E-state index contributed by atoms with van der Waals surface area (Å²) < 4.78 is 1.18. The van der Waals surface area contributed by atoms with Gasteiger partial charge in [-0.15, -0.1) is 12.4 Å². The van der Waals surface area contributed by atoms with Crippen LogP contribution in [0.1, 0.15) is 24.8 Å². The molecular weight excluding hydrogens is 312 g/mol. The van der Waals surface area contributed by atoms with E-state index in [1.54, 1.807) is 0 Å². The Bertz CT molecular complexity index is 399. The molecule has 3 rings (SSSR count). The number of likely N-dealkylation sites (tertiary alicyclic amines) is 1. The number of nitrogens with zero attached hydrogens (tertiary/aromatic N) is 1. The third-order valence-corrected chi connectivity index (χ3v) is 4.40. The van der Waals surface area contributed by atoms with Gasteiger partial charge in [0.2, 0.25) is 0 Å². The van der Waals surface area contributed by atoms with E-state index in [9.17, 15) is 0 Å². The maximum Gasteiger partial charge on any atom is 0.0234 e. The first-order chi connectivity index (χ1) is 8.29. The quantitative estimate of drug-likeness (QED) is 0.895. The SMILES string of the molecule is Brc1cccc(CN2CCC3CCC(C2)N3)c1.Cl. The minimum Gasteiger partial charge on any atom is -0.310 e. The van der Waals surface area contributed by atoms with Crippen molar-refractivity contribution in [2.45, 2.75) is 37.9 Å². The summed E-state index contributed by atoms with van der Waals surface area (Å²) in [5.74, 6) is 0. The molecule has 2 bridgehead atoms. The predicted octanol–water partition coefficient (Wildman–Crippen LogP) is 3.20. The Morgan fingerprint density at radius 3 is 2.89 bits per heavy atom. The molecule has 0 spiro atoms. The number of fused-ring (bicyclic) bond motifs is 2. The van der Waals surface area contributed by atoms with Gasteiger partial charge in [0.25, 0.3) is 0 Å². The summed E-state index contributed by atoms with van der Waals surface area (Å²) in [6.45, 7) is 3.54. The van der Waals surface area contributed by atoms with Gasteiger partial charge >= 0.3 is 0 Å². The molecule has 2 unspecified atom stereocenters. The normalized spacial score (nSPS) is 27.6. The van der Waals surface area contributed by atoms with E-state index < -0.39 is 0 Å². The largest absolute Gasteiger partial charge is 0.310 e. The Morgan fingerprint density at radius 1 is 1.22 bits per heavy atom. The maximum atomic E-state index is 3.73. The number of benzene rings is 1. The van der Waals surface area contributed by atoms with Crippen molar-refractivity contribution < 1.29 is 0 Å². The van der Waals surface area contributed by atoms with Crippen LogP contribution in [0.3, 0.4) is 0 Å². The van der Waals surface area contributed by atoms with Crippen LogP contribution in [-0.2, 0) is 6.54 Å². The third kappa shape index (κ3) is 3.47. The van der Waals surface area contributed by atoms with Crippen molar-refractivity contribution in [3.05, 3.63) is 34.3 Å². The minimum absolute atomic E-state index is 0. The van der Waals surface area contributed by atoms with Gasteiger partial charge < -0.3 is 5.32 Å². The highest BCUT2D eigenvalue weighted by molar-refractivity contribution is 9.10. The first-order valence-corrected chi connectivity index (χ1v) is 7.32. The fourth-order valence-electron chi connectivity index (χ4n) is 3.05. The lowest BCUT2D eigenvalue weighted by Gasteiger charge is -2.24. The lowest BCUT2D eigenvalue weighted by atomic mass is 10.1. The van der Waals surface area contributed by atoms with Gasteiger partial charge in [-0.05, 0) is 37.0 Å². The molecule has 100 valence electrons. The van der Waals surface area contributed by atoms with Crippen LogP contribution in [0.5, 0.6) is 0 Å². The molecule has 2 nitrogen and oxygen atoms in total. The summed E-state index contributed by atoms with van der Waals surface area (Å²) in [5, 5.41) is 3.73. The van der Waals surface area contributed by atoms with E-state index in [1.165, 1.54) is 42.4 Å². The van der Waals surface area contributed by atoms with Crippen molar-refractivity contribution in [2.24, 2.45) is 0 Å². The number of hydrogen-bond donors (Lipinski definition) is 1. The van der Waals surface area contributed by atoms with E-state index in [0.717, 1.165) is 18.6 Å². The van der Waals surface area contributed by atoms with Crippen LogP contribution < -0.4 is 5.32 Å². The molecule has 4 heteroatoms. The first kappa shape index (κ1) is 14.3. The van der Waals surface area contributed by atoms with Gasteiger partial charge in [-0.3, -0.25) is 4.90 Å². The molecule has 0 amide bonds. The van der Waals surface area contributed by atoms with Gasteiger partial charge in [0.15, 0.2) is 0 Å². The second kappa shape index (κ2) is 6.38. The van der Waals surface area contributed by atoms with Crippen molar-refractivity contribution in [1.82, 2.24) is 10.2 Å². The molecule has 1 aromatic carbocycles. The molecule has 0 radical (unpaired) electrons. The lowest BCUT2D eigenvalue weighted by molar-refractivity contribution is 0.251. The van der Waals surface area contributed by atoms with Crippen LogP contribution in [-0.4, -0.2) is 30.1 Å². The van der Waals surface area contributed by atoms with Crippen LogP contribution in [0.25, 0.3) is 0 Å². The lowest BCUT2D eigenvalue weighted by Crippen LogP contribution is -2.34. The van der Waals surface area contributed by atoms with Crippen molar-refractivity contribution in [3.63, 3.8) is 0 Å². The van der Waals surface area contributed by atoms with E-state index in [1.807, 2.05) is 0 Å². The topological polar surface area (TPSA) is 15.3 Å². The Kier molecular flexibility index (Phi) is 5.07. The van der Waals surface area contributed by atoms with Gasteiger partial charge in [-0.2, -0.15) is 0 Å². The standard InChI is InChI=1S/C14H19BrN2.ClH/c15-12-3-1-2-11(8-12)9-17-7-6-13-4-5-14(10-17)16-13;/h1-3,8,13-14,16H,4-7,9-10H2;1H. The smallest absolute Gasteiger partial charge is 0.0234 e. The van der Waals surface area contributed by atoms with Gasteiger partial charge in [-0.25, -0.2) is 0 Å². The fraction of sp³-hybridized carbons (Fsp3) is 0.571. The highest BCUT2D eigenvalue weighted by Gasteiger charge is 2.28. The Balaban J connectivity index is 0.00000120. The van der Waals surface area contributed by atoms with Crippen LogP contribution in [0.2, 0.25) is 0 Å². The van der Waals surface area contributed by atoms with Gasteiger partial charge in [0.1, 0.15) is 0 Å². The van der Waals surface area contributed by atoms with Crippen molar-refractivity contribution >= 4 is 28.3 Å². The molecule has 0 aliphatic carbocycles. The summed E-state index contributed by atoms with van der Waals surface area (Å²) in [5.41, 5.74) is 1.41. The summed E-state index contributed by atoms with van der Waals surface area (Å²) in [6, 6.07) is 10.2. The number of rotatable bonds is 2. The van der Waals surface area contributed by atoms with Gasteiger partial charge in [0.05, 0.1) is 0 Å². The molecular formula is C14H20BrClN2. The average molecular weight is 332 g/mol. The second-order valence-corrected chi connectivity index (χ2v) is 6.21. The second-order valence-electron chi connectivity index (χ2n) is 5.29. The van der Waals surface area contributed by atoms with E-state index in [-0.39, 0.29) is 12.4 Å². The molecule has 18 heavy (non-hydrogen) atoms. The molecule has 0 saturated carbocycles. The molecule has 2 atom stereocenters. The van der Waals surface area contributed by atoms with Crippen molar-refractivity contribution in [3.8, 4) is 0 Å². The molecule has 2 aliphatic rings. The van der Waals surface area contributed by atoms with E-state index in [4.69, 9.17) is 0 Å². The minimum atomic E-state index is 0. The molecule has 2 heterocycles. The number of halogens is 2. The van der Waals surface area contributed by atoms with E-state index >= 15 is 0 Å². The van der Waals surface area contributed by atoms with E-state index in [0.29, 0.717) is 0 Å². The van der Waals surface area contributed by atoms with Crippen LogP contribution in [0.15, 0.2) is 28.7 Å². The van der Waals surface area contributed by atoms with Crippen LogP contribution in [0.4, 0.5) is 0 Å². The Labute approximate surface area is 124 Å². The zero-order valence-electron chi connectivity index (χ0n) is 10.4. The zero-order valence-corrected chi connectivity index (χ0v) is 12.8. The maximum absolute atomic E-state index is 3.73. The Hall–Kier alpha value is -0.0900. The highest BCUT2D eigenvalue weighted by Crippen LogP contribution is 2.22. The van der Waals surface area contributed by atoms with Crippen molar-refractivity contribution in [2.75, 3.05) is 13.1 Å². The van der Waals surface area contributed by atoms with Gasteiger partial charge in [-0.1, -0.05) is 28.1 Å². The fourth-order valence-corrected chi connectivity index (χ4v) is 3.50. The molecule has 1 aromatic rings. The highest BCUT2D eigenvalue weighted by atomic mass is 79.9. The Morgan fingerprint density at radius 2 is 2.06 bits per heavy atom. The summed E-state index contributed by atoms with van der Waals surface area (Å²) in [4.78, 5) is 2.60. The average Bonchev–Trinajstić information content (AvgIpc) is 2.63. The molecule has 2 saturated heterocycles. The zero-order chi connectivity index (χ0) is 11.7. The molecule has 2 fully saturated rings. The first-order valence-electron chi connectivity index (χ1n) is 6.52. The third-order valence-electron chi connectivity index (χ3n) is 3.90. The summed E-state index contributed by atoms with van der Waals surface area (Å²) in [7, 11) is 0. The molecule has 0 aromatic heterocycles. The van der Waals surface area contributed by atoms with Crippen LogP contribution in [0, 0.1) is 0 Å². The van der Waals surface area contributed by atoms with Crippen LogP contribution >= 0.6 is 28.3 Å². The predicted molar refractivity (Wildman–Crippen MR) is 81.2 cm³/mol. The molecule has 2 aliphatic heterocycles.